The molecule has 1 heterocycles. The molecule has 3 fully saturated rings. The predicted octanol–water partition coefficient (Wildman–Crippen LogP) is 3.42. The Morgan fingerprint density at radius 2 is 1.40 bits per heavy atom. The van der Waals surface area contributed by atoms with Crippen LogP contribution in [0.2, 0.25) is 0 Å². The maximum atomic E-state index is 13.4. The molecule has 2 aliphatic carbocycles. The van der Waals surface area contributed by atoms with Crippen LogP contribution in [-0.4, -0.2) is 40.2 Å². The topological polar surface area (TPSA) is 40.6 Å². The van der Waals surface area contributed by atoms with Crippen LogP contribution in [0.5, 0.6) is 0 Å². The standard InChI is InChI=1S/C20H25FN2O2/c21-15-11-9-14(10-12-15)19-20(25)22(16-5-1-2-6-16)13-18(24)23(19)17-7-3-4-8-17/h9-12,16-17,19H,1-8,13H2. The number of halogens is 1. The molecule has 1 aromatic rings. The van der Waals surface area contributed by atoms with Gasteiger partial charge in [0.25, 0.3) is 5.91 Å². The third-order valence-electron chi connectivity index (χ3n) is 6.06. The van der Waals surface area contributed by atoms with Crippen molar-refractivity contribution in [2.75, 3.05) is 6.54 Å². The normalized spacial score (nSPS) is 26.0. The molecular weight excluding hydrogens is 319 g/mol. The van der Waals surface area contributed by atoms with Gasteiger partial charge in [0.05, 0.1) is 0 Å². The lowest BCUT2D eigenvalue weighted by molar-refractivity contribution is -0.161. The largest absolute Gasteiger partial charge is 0.328 e. The van der Waals surface area contributed by atoms with Gasteiger partial charge in [-0.3, -0.25) is 9.59 Å². The van der Waals surface area contributed by atoms with Crippen LogP contribution in [0.4, 0.5) is 4.39 Å². The molecule has 4 nitrogen and oxygen atoms in total. The zero-order valence-electron chi connectivity index (χ0n) is 14.5. The van der Waals surface area contributed by atoms with Crippen LogP contribution in [0.1, 0.15) is 63.0 Å². The third kappa shape index (κ3) is 3.05. The number of hydrogen-bond donors (Lipinski definition) is 0. The smallest absolute Gasteiger partial charge is 0.250 e. The van der Waals surface area contributed by atoms with Crippen LogP contribution >= 0.6 is 0 Å². The fourth-order valence-electron chi connectivity index (χ4n) is 4.80. The van der Waals surface area contributed by atoms with Gasteiger partial charge in [-0.1, -0.05) is 37.8 Å². The molecule has 1 unspecified atom stereocenters. The van der Waals surface area contributed by atoms with Crippen molar-refractivity contribution in [2.24, 2.45) is 0 Å². The van der Waals surface area contributed by atoms with Gasteiger partial charge in [0.2, 0.25) is 5.91 Å². The van der Waals surface area contributed by atoms with Gasteiger partial charge in [-0.15, -0.1) is 0 Å². The van der Waals surface area contributed by atoms with Crippen molar-refractivity contribution in [3.05, 3.63) is 35.6 Å². The Kier molecular flexibility index (Phi) is 4.48. The van der Waals surface area contributed by atoms with E-state index in [9.17, 15) is 14.0 Å². The molecular formula is C20H25FN2O2. The molecule has 0 bridgehead atoms. The number of benzene rings is 1. The van der Waals surface area contributed by atoms with Crippen molar-refractivity contribution in [1.29, 1.82) is 0 Å². The van der Waals surface area contributed by atoms with E-state index in [1.54, 1.807) is 17.0 Å². The van der Waals surface area contributed by atoms with Gasteiger partial charge >= 0.3 is 0 Å². The first-order valence-corrected chi connectivity index (χ1v) is 9.52. The van der Waals surface area contributed by atoms with E-state index < -0.39 is 6.04 Å². The van der Waals surface area contributed by atoms with Crippen LogP contribution in [0.25, 0.3) is 0 Å². The third-order valence-corrected chi connectivity index (χ3v) is 6.06. The molecule has 0 N–H and O–H groups in total. The van der Waals surface area contributed by atoms with Crippen LogP contribution in [0, 0.1) is 5.82 Å². The van der Waals surface area contributed by atoms with E-state index in [2.05, 4.69) is 0 Å². The number of hydrogen-bond acceptors (Lipinski definition) is 2. The highest BCUT2D eigenvalue weighted by molar-refractivity contribution is 5.96. The van der Waals surface area contributed by atoms with E-state index in [4.69, 9.17) is 0 Å². The maximum Gasteiger partial charge on any atom is 0.250 e. The fraction of sp³-hybridized carbons (Fsp3) is 0.600. The van der Waals surface area contributed by atoms with E-state index in [0.717, 1.165) is 56.9 Å². The minimum atomic E-state index is -0.592. The average molecular weight is 344 g/mol. The lowest BCUT2D eigenvalue weighted by atomic mass is 9.96. The van der Waals surface area contributed by atoms with Gasteiger partial charge in [-0.2, -0.15) is 0 Å². The Balaban J connectivity index is 1.69. The molecule has 0 spiro atoms. The Hall–Kier alpha value is -1.91. The van der Waals surface area contributed by atoms with Gasteiger partial charge < -0.3 is 9.80 Å². The molecule has 1 atom stereocenters. The molecule has 2 amide bonds. The van der Waals surface area contributed by atoms with E-state index in [-0.39, 0.29) is 36.3 Å². The molecule has 134 valence electrons. The van der Waals surface area contributed by atoms with Gasteiger partial charge in [-0.25, -0.2) is 4.39 Å². The number of rotatable bonds is 3. The Bertz CT molecular complexity index is 648. The van der Waals surface area contributed by atoms with Crippen LogP contribution in [0.3, 0.4) is 0 Å². The Morgan fingerprint density at radius 1 is 0.840 bits per heavy atom. The highest BCUT2D eigenvalue weighted by Gasteiger charge is 2.46. The van der Waals surface area contributed by atoms with Crippen molar-refractivity contribution >= 4 is 11.8 Å². The Morgan fingerprint density at radius 3 is 2.00 bits per heavy atom. The van der Waals surface area contributed by atoms with Crippen molar-refractivity contribution in [3.8, 4) is 0 Å². The molecule has 0 aromatic heterocycles. The monoisotopic (exact) mass is 344 g/mol. The molecule has 25 heavy (non-hydrogen) atoms. The van der Waals surface area contributed by atoms with Gasteiger partial charge in [0.1, 0.15) is 18.4 Å². The van der Waals surface area contributed by atoms with Crippen molar-refractivity contribution in [3.63, 3.8) is 0 Å². The quantitative estimate of drug-likeness (QED) is 0.843. The predicted molar refractivity (Wildman–Crippen MR) is 92.2 cm³/mol. The maximum absolute atomic E-state index is 13.4. The molecule has 2 saturated carbocycles. The highest BCUT2D eigenvalue weighted by atomic mass is 19.1. The minimum Gasteiger partial charge on any atom is -0.328 e. The zero-order chi connectivity index (χ0) is 17.4. The van der Waals surface area contributed by atoms with Crippen LogP contribution in [-0.2, 0) is 9.59 Å². The first-order valence-electron chi connectivity index (χ1n) is 9.52. The van der Waals surface area contributed by atoms with Crippen LogP contribution in [0.15, 0.2) is 24.3 Å². The molecule has 0 radical (unpaired) electrons. The van der Waals surface area contributed by atoms with Crippen molar-refractivity contribution < 1.29 is 14.0 Å². The van der Waals surface area contributed by atoms with Gasteiger partial charge in [0, 0.05) is 12.1 Å². The van der Waals surface area contributed by atoms with E-state index in [0.29, 0.717) is 0 Å². The number of amides is 2. The summed E-state index contributed by atoms with van der Waals surface area (Å²) in [4.78, 5) is 30.0. The van der Waals surface area contributed by atoms with E-state index in [1.807, 2.05) is 4.90 Å². The summed E-state index contributed by atoms with van der Waals surface area (Å²) in [5.41, 5.74) is 0.731. The number of nitrogens with zero attached hydrogens (tertiary/aromatic N) is 2. The summed E-state index contributed by atoms with van der Waals surface area (Å²) in [6.45, 7) is 0.206. The summed E-state index contributed by atoms with van der Waals surface area (Å²) in [7, 11) is 0. The summed E-state index contributed by atoms with van der Waals surface area (Å²) >= 11 is 0. The number of piperazine rings is 1. The summed E-state index contributed by atoms with van der Waals surface area (Å²) in [5.74, 6) is -0.254. The zero-order valence-corrected chi connectivity index (χ0v) is 14.5. The van der Waals surface area contributed by atoms with Crippen LogP contribution < -0.4 is 0 Å². The number of carbonyl (C=O) groups is 2. The molecule has 5 heteroatoms. The highest BCUT2D eigenvalue weighted by Crippen LogP contribution is 2.37. The van der Waals surface area contributed by atoms with Gasteiger partial charge in [-0.05, 0) is 43.4 Å². The fourth-order valence-corrected chi connectivity index (χ4v) is 4.80. The first-order chi connectivity index (χ1) is 12.1. The molecule has 1 aliphatic heterocycles. The summed E-state index contributed by atoms with van der Waals surface area (Å²) < 4.78 is 13.4. The second-order valence-electron chi connectivity index (χ2n) is 7.60. The lowest BCUT2D eigenvalue weighted by Gasteiger charge is -2.45. The summed E-state index contributed by atoms with van der Waals surface area (Å²) in [5, 5.41) is 0. The summed E-state index contributed by atoms with van der Waals surface area (Å²) in [6, 6.07) is 5.81. The molecule has 1 aromatic carbocycles. The van der Waals surface area contributed by atoms with E-state index >= 15 is 0 Å². The SMILES string of the molecule is O=C1C(c2ccc(F)cc2)N(C2CCCC2)C(=O)CN1C1CCCC1. The lowest BCUT2D eigenvalue weighted by Crippen LogP contribution is -2.60. The first kappa shape index (κ1) is 16.6. The van der Waals surface area contributed by atoms with Gasteiger partial charge in [0.15, 0.2) is 0 Å². The van der Waals surface area contributed by atoms with E-state index in [1.165, 1.54) is 12.1 Å². The second-order valence-corrected chi connectivity index (χ2v) is 7.60. The van der Waals surface area contributed by atoms with Crippen molar-refractivity contribution in [2.45, 2.75) is 69.5 Å². The number of carbonyl (C=O) groups excluding carboxylic acids is 2. The molecule has 1 saturated heterocycles. The summed E-state index contributed by atoms with van der Waals surface area (Å²) in [6.07, 6.45) is 8.33. The Labute approximate surface area is 148 Å². The molecule has 3 aliphatic rings. The van der Waals surface area contributed by atoms with Crippen molar-refractivity contribution in [1.82, 2.24) is 9.80 Å². The average Bonchev–Trinajstić information content (AvgIpc) is 3.30. The second kappa shape index (κ2) is 6.77. The molecule has 4 rings (SSSR count). The minimum absolute atomic E-state index is 0.0185.